The Morgan fingerprint density at radius 2 is 2.25 bits per heavy atom. The Morgan fingerprint density at radius 1 is 1.50 bits per heavy atom. The first kappa shape index (κ1) is 8.55. The number of hydrogen-bond acceptors (Lipinski definition) is 4. The molecule has 0 unspecified atom stereocenters. The number of nitrogens with two attached hydrogens (primary N) is 1. The van der Waals surface area contributed by atoms with Crippen LogP contribution in [0.15, 0.2) is 29.4 Å². The van der Waals surface area contributed by atoms with Crippen molar-refractivity contribution < 1.29 is 10.3 Å². The Labute approximate surface area is 69.9 Å². The van der Waals surface area contributed by atoms with Crippen LogP contribution in [0.5, 0.6) is 0 Å². The molecule has 0 bridgehead atoms. The Kier molecular flexibility index (Phi) is 2.66. The number of nitrogen functional groups attached to an aromatic ring is 1. The van der Waals surface area contributed by atoms with Gasteiger partial charge in [0.05, 0.1) is 6.61 Å². The van der Waals surface area contributed by atoms with Crippen LogP contribution in [-0.2, 0) is 0 Å². The van der Waals surface area contributed by atoms with E-state index in [0.717, 1.165) is 0 Å². The molecule has 0 aliphatic heterocycles. The zero-order valence-corrected chi connectivity index (χ0v) is 6.44. The molecule has 0 atom stereocenters. The van der Waals surface area contributed by atoms with Crippen molar-refractivity contribution in [3.8, 4) is 0 Å². The maximum atomic E-state index is 8.74. The first-order chi connectivity index (χ1) is 5.77. The molecule has 4 N–H and O–H groups in total. The van der Waals surface area contributed by atoms with E-state index in [1.165, 1.54) is 0 Å². The molecule has 64 valence electrons. The van der Waals surface area contributed by atoms with E-state index < -0.39 is 0 Å². The Hall–Kier alpha value is -1.55. The number of rotatable bonds is 2. The highest BCUT2D eigenvalue weighted by Crippen LogP contribution is 2.07. The van der Waals surface area contributed by atoms with Crippen molar-refractivity contribution in [2.45, 2.75) is 0 Å². The van der Waals surface area contributed by atoms with Crippen LogP contribution >= 0.6 is 0 Å². The van der Waals surface area contributed by atoms with Gasteiger partial charge in [-0.15, -0.1) is 0 Å². The van der Waals surface area contributed by atoms with Crippen molar-refractivity contribution in [1.29, 1.82) is 0 Å². The summed E-state index contributed by atoms with van der Waals surface area (Å²) in [6.07, 6.45) is 0. The maximum absolute atomic E-state index is 8.74. The molecule has 0 heterocycles. The highest BCUT2D eigenvalue weighted by atomic mass is 16.4. The molecule has 1 aromatic rings. The summed E-state index contributed by atoms with van der Waals surface area (Å²) in [6.45, 7) is -0.306. The van der Waals surface area contributed by atoms with Gasteiger partial charge in [-0.05, 0) is 12.1 Å². The van der Waals surface area contributed by atoms with Gasteiger partial charge >= 0.3 is 0 Å². The fourth-order valence-electron chi connectivity index (χ4n) is 0.899. The van der Waals surface area contributed by atoms with Gasteiger partial charge in [0.25, 0.3) is 0 Å². The summed E-state index contributed by atoms with van der Waals surface area (Å²) in [4.78, 5) is 0. The summed E-state index contributed by atoms with van der Waals surface area (Å²) in [7, 11) is 0. The maximum Gasteiger partial charge on any atom is 0.112 e. The van der Waals surface area contributed by atoms with Crippen LogP contribution in [0.2, 0.25) is 0 Å². The molecule has 0 aromatic heterocycles. The number of benzene rings is 1. The molecule has 1 rings (SSSR count). The van der Waals surface area contributed by atoms with Crippen LogP contribution in [0.25, 0.3) is 0 Å². The Morgan fingerprint density at radius 3 is 2.75 bits per heavy atom. The van der Waals surface area contributed by atoms with Crippen LogP contribution in [0.4, 0.5) is 5.69 Å². The number of anilines is 1. The van der Waals surface area contributed by atoms with E-state index in [0.29, 0.717) is 11.3 Å². The van der Waals surface area contributed by atoms with Crippen LogP contribution < -0.4 is 5.73 Å². The summed E-state index contributed by atoms with van der Waals surface area (Å²) >= 11 is 0. The quantitative estimate of drug-likeness (QED) is 0.258. The van der Waals surface area contributed by atoms with Crippen LogP contribution in [0, 0.1) is 0 Å². The summed E-state index contributed by atoms with van der Waals surface area (Å²) in [5.74, 6) is 0. The molecule has 0 saturated carbocycles. The van der Waals surface area contributed by atoms with E-state index in [1.807, 2.05) is 0 Å². The zero-order chi connectivity index (χ0) is 8.97. The van der Waals surface area contributed by atoms with Gasteiger partial charge in [0.1, 0.15) is 5.71 Å². The van der Waals surface area contributed by atoms with E-state index in [2.05, 4.69) is 5.16 Å². The zero-order valence-electron chi connectivity index (χ0n) is 6.44. The largest absolute Gasteiger partial charge is 0.411 e. The van der Waals surface area contributed by atoms with Gasteiger partial charge in [-0.3, -0.25) is 0 Å². The standard InChI is InChI=1S/C8H10N2O2/c9-7-3-1-2-6(4-7)8(5-11)10-12/h1-4,11-12H,5,9H2. The Bertz CT molecular complexity index is 297. The van der Waals surface area contributed by atoms with Gasteiger partial charge in [-0.2, -0.15) is 0 Å². The fraction of sp³-hybridized carbons (Fsp3) is 0.125. The number of nitrogens with zero attached hydrogens (tertiary/aromatic N) is 1. The molecule has 0 aliphatic carbocycles. The van der Waals surface area contributed by atoms with Crippen molar-refractivity contribution in [2.24, 2.45) is 5.16 Å². The lowest BCUT2D eigenvalue weighted by Crippen LogP contribution is -2.06. The highest BCUT2D eigenvalue weighted by molar-refractivity contribution is 6.01. The first-order valence-corrected chi connectivity index (χ1v) is 3.45. The molecule has 0 amide bonds. The molecule has 0 aliphatic rings. The molecule has 0 saturated heterocycles. The summed E-state index contributed by atoms with van der Waals surface area (Å²) in [6, 6.07) is 6.79. The SMILES string of the molecule is Nc1cccc(C(CO)=NO)c1. The lowest BCUT2D eigenvalue weighted by atomic mass is 10.1. The van der Waals surface area contributed by atoms with E-state index >= 15 is 0 Å². The van der Waals surface area contributed by atoms with Crippen molar-refractivity contribution in [2.75, 3.05) is 12.3 Å². The van der Waals surface area contributed by atoms with Gasteiger partial charge < -0.3 is 16.0 Å². The van der Waals surface area contributed by atoms with Crippen molar-refractivity contribution in [1.82, 2.24) is 0 Å². The van der Waals surface area contributed by atoms with E-state index in [9.17, 15) is 0 Å². The lowest BCUT2D eigenvalue weighted by Gasteiger charge is -2.00. The second kappa shape index (κ2) is 3.73. The monoisotopic (exact) mass is 166 g/mol. The normalized spacial score (nSPS) is 11.6. The molecule has 0 spiro atoms. The van der Waals surface area contributed by atoms with Crippen LogP contribution in [0.1, 0.15) is 5.56 Å². The van der Waals surface area contributed by atoms with E-state index in [-0.39, 0.29) is 12.3 Å². The minimum Gasteiger partial charge on any atom is -0.411 e. The van der Waals surface area contributed by atoms with E-state index in [1.54, 1.807) is 24.3 Å². The molecular formula is C8H10N2O2. The molecule has 4 heteroatoms. The third-order valence-corrected chi connectivity index (χ3v) is 1.49. The summed E-state index contributed by atoms with van der Waals surface area (Å²) in [5, 5.41) is 20.1. The summed E-state index contributed by atoms with van der Waals surface area (Å²) in [5.41, 5.74) is 6.89. The summed E-state index contributed by atoms with van der Waals surface area (Å²) < 4.78 is 0. The molecule has 4 nitrogen and oxygen atoms in total. The van der Waals surface area contributed by atoms with Crippen molar-refractivity contribution in [3.63, 3.8) is 0 Å². The predicted octanol–water partition coefficient (Wildman–Crippen LogP) is 0.439. The van der Waals surface area contributed by atoms with Gasteiger partial charge in [-0.1, -0.05) is 17.3 Å². The number of aliphatic hydroxyl groups is 1. The average molecular weight is 166 g/mol. The van der Waals surface area contributed by atoms with Crippen LogP contribution in [-0.4, -0.2) is 22.6 Å². The highest BCUT2D eigenvalue weighted by Gasteiger charge is 2.01. The molecular weight excluding hydrogens is 156 g/mol. The third kappa shape index (κ3) is 1.73. The molecule has 12 heavy (non-hydrogen) atoms. The third-order valence-electron chi connectivity index (χ3n) is 1.49. The van der Waals surface area contributed by atoms with Gasteiger partial charge in [0, 0.05) is 11.3 Å². The number of oxime groups is 1. The Balaban J connectivity index is 3.02. The van der Waals surface area contributed by atoms with E-state index in [4.69, 9.17) is 16.0 Å². The second-order valence-corrected chi connectivity index (χ2v) is 2.33. The van der Waals surface area contributed by atoms with Crippen molar-refractivity contribution >= 4 is 11.4 Å². The second-order valence-electron chi connectivity index (χ2n) is 2.33. The van der Waals surface area contributed by atoms with Gasteiger partial charge in [-0.25, -0.2) is 0 Å². The fourth-order valence-corrected chi connectivity index (χ4v) is 0.899. The van der Waals surface area contributed by atoms with Gasteiger partial charge in [0.15, 0.2) is 0 Å². The van der Waals surface area contributed by atoms with Crippen molar-refractivity contribution in [3.05, 3.63) is 29.8 Å². The van der Waals surface area contributed by atoms with Gasteiger partial charge in [0.2, 0.25) is 0 Å². The number of hydrogen-bond donors (Lipinski definition) is 3. The average Bonchev–Trinajstić information content (AvgIpc) is 2.07. The first-order valence-electron chi connectivity index (χ1n) is 3.45. The lowest BCUT2D eigenvalue weighted by molar-refractivity contribution is 0.304. The molecule has 1 aromatic carbocycles. The smallest absolute Gasteiger partial charge is 0.112 e. The topological polar surface area (TPSA) is 78.8 Å². The number of aliphatic hydroxyl groups excluding tert-OH is 1. The molecule has 0 fully saturated rings. The minimum absolute atomic E-state index is 0.210. The molecule has 0 radical (unpaired) electrons. The minimum atomic E-state index is -0.306. The predicted molar refractivity (Wildman–Crippen MR) is 46.3 cm³/mol. The van der Waals surface area contributed by atoms with Crippen LogP contribution in [0.3, 0.4) is 0 Å².